The molecule has 0 aromatic carbocycles. The maximum atomic E-state index is 11.7. The predicted octanol–water partition coefficient (Wildman–Crippen LogP) is 1.42. The van der Waals surface area contributed by atoms with Crippen LogP contribution < -0.4 is 11.1 Å². The summed E-state index contributed by atoms with van der Waals surface area (Å²) in [6.07, 6.45) is 5.68. The van der Waals surface area contributed by atoms with E-state index in [1.807, 2.05) is 6.92 Å². The molecule has 0 unspecified atom stereocenters. The van der Waals surface area contributed by atoms with Crippen molar-refractivity contribution in [3.63, 3.8) is 0 Å². The zero-order chi connectivity index (χ0) is 10.6. The van der Waals surface area contributed by atoms with Crippen LogP contribution in [0.3, 0.4) is 0 Å². The van der Waals surface area contributed by atoms with Gasteiger partial charge in [0.2, 0.25) is 5.91 Å². The van der Waals surface area contributed by atoms with Gasteiger partial charge in [-0.3, -0.25) is 4.79 Å². The summed E-state index contributed by atoms with van der Waals surface area (Å²) in [5.41, 5.74) is 5.84. The lowest BCUT2D eigenvalue weighted by atomic mass is 9.99. The standard InChI is InChI=1S/C11H22N2O/c1-3-8(2)10(12)11(14)13-9-6-4-5-7-9/h8-10H,3-7,12H2,1-2H3,(H,13,14)/t8-,10-/m1/s1. The van der Waals surface area contributed by atoms with E-state index < -0.39 is 0 Å². The Labute approximate surface area is 86.4 Å². The summed E-state index contributed by atoms with van der Waals surface area (Å²) in [6.45, 7) is 4.09. The Kier molecular flexibility index (Phi) is 4.39. The van der Waals surface area contributed by atoms with Crippen molar-refractivity contribution in [3.8, 4) is 0 Å². The van der Waals surface area contributed by atoms with Gasteiger partial charge in [-0.05, 0) is 18.8 Å². The third-order valence-corrected chi connectivity index (χ3v) is 3.26. The molecule has 3 N–H and O–H groups in total. The van der Waals surface area contributed by atoms with E-state index in [0.717, 1.165) is 19.3 Å². The summed E-state index contributed by atoms with van der Waals surface area (Å²) in [7, 11) is 0. The fourth-order valence-electron chi connectivity index (χ4n) is 1.88. The molecule has 0 radical (unpaired) electrons. The van der Waals surface area contributed by atoms with Crippen molar-refractivity contribution < 1.29 is 4.79 Å². The van der Waals surface area contributed by atoms with Crippen molar-refractivity contribution in [1.82, 2.24) is 5.32 Å². The number of nitrogens with one attached hydrogen (secondary N) is 1. The van der Waals surface area contributed by atoms with E-state index in [1.165, 1.54) is 12.8 Å². The highest BCUT2D eigenvalue weighted by molar-refractivity contribution is 5.82. The smallest absolute Gasteiger partial charge is 0.237 e. The summed E-state index contributed by atoms with van der Waals surface area (Å²) in [4.78, 5) is 11.7. The Bertz CT molecular complexity index is 188. The van der Waals surface area contributed by atoms with Gasteiger partial charge in [0.15, 0.2) is 0 Å². The van der Waals surface area contributed by atoms with Gasteiger partial charge >= 0.3 is 0 Å². The SMILES string of the molecule is CC[C@@H](C)[C@@H](N)C(=O)NC1CCCC1. The number of carbonyl (C=O) groups excluding carboxylic acids is 1. The van der Waals surface area contributed by atoms with Crippen LogP contribution in [0, 0.1) is 5.92 Å². The molecule has 14 heavy (non-hydrogen) atoms. The van der Waals surface area contributed by atoms with Gasteiger partial charge in [0.05, 0.1) is 6.04 Å². The van der Waals surface area contributed by atoms with Crippen molar-refractivity contribution in [2.45, 2.75) is 58.0 Å². The van der Waals surface area contributed by atoms with Gasteiger partial charge in [-0.25, -0.2) is 0 Å². The van der Waals surface area contributed by atoms with Crippen molar-refractivity contribution in [2.75, 3.05) is 0 Å². The molecule has 1 rings (SSSR count). The summed E-state index contributed by atoms with van der Waals surface area (Å²) >= 11 is 0. The van der Waals surface area contributed by atoms with Crippen LogP contribution in [-0.2, 0) is 4.79 Å². The molecule has 1 aliphatic carbocycles. The number of amides is 1. The van der Waals surface area contributed by atoms with Crippen LogP contribution in [0.4, 0.5) is 0 Å². The van der Waals surface area contributed by atoms with Crippen LogP contribution >= 0.6 is 0 Å². The van der Waals surface area contributed by atoms with Gasteiger partial charge in [0.25, 0.3) is 0 Å². The molecule has 0 saturated heterocycles. The van der Waals surface area contributed by atoms with E-state index in [-0.39, 0.29) is 17.9 Å². The van der Waals surface area contributed by atoms with Crippen LogP contribution in [0.2, 0.25) is 0 Å². The Morgan fingerprint density at radius 3 is 2.57 bits per heavy atom. The molecule has 0 bridgehead atoms. The quantitative estimate of drug-likeness (QED) is 0.717. The van der Waals surface area contributed by atoms with Gasteiger partial charge in [-0.1, -0.05) is 33.1 Å². The first-order chi connectivity index (χ1) is 6.65. The molecule has 0 heterocycles. The highest BCUT2D eigenvalue weighted by Crippen LogP contribution is 2.18. The molecule has 3 heteroatoms. The molecule has 1 fully saturated rings. The second kappa shape index (κ2) is 5.35. The molecule has 2 atom stereocenters. The normalized spacial score (nSPS) is 21.9. The Hall–Kier alpha value is -0.570. The number of nitrogens with two attached hydrogens (primary N) is 1. The zero-order valence-electron chi connectivity index (χ0n) is 9.25. The molecular weight excluding hydrogens is 176 g/mol. The van der Waals surface area contributed by atoms with Crippen molar-refractivity contribution in [2.24, 2.45) is 11.7 Å². The topological polar surface area (TPSA) is 55.1 Å². The monoisotopic (exact) mass is 198 g/mol. The summed E-state index contributed by atoms with van der Waals surface area (Å²) in [5, 5.41) is 3.03. The lowest BCUT2D eigenvalue weighted by Gasteiger charge is -2.20. The minimum atomic E-state index is -0.333. The van der Waals surface area contributed by atoms with Gasteiger partial charge in [0, 0.05) is 6.04 Å². The summed E-state index contributed by atoms with van der Waals surface area (Å²) in [6, 6.07) is 0.0539. The van der Waals surface area contributed by atoms with Gasteiger partial charge in [-0.2, -0.15) is 0 Å². The zero-order valence-corrected chi connectivity index (χ0v) is 9.25. The molecule has 0 spiro atoms. The van der Waals surface area contributed by atoms with Crippen molar-refractivity contribution in [1.29, 1.82) is 0 Å². The average Bonchev–Trinajstić information content (AvgIpc) is 2.68. The molecule has 0 aromatic heterocycles. The molecule has 1 aliphatic rings. The van der Waals surface area contributed by atoms with E-state index in [1.54, 1.807) is 0 Å². The fraction of sp³-hybridized carbons (Fsp3) is 0.909. The van der Waals surface area contributed by atoms with E-state index in [0.29, 0.717) is 6.04 Å². The second-order valence-electron chi connectivity index (χ2n) is 4.40. The van der Waals surface area contributed by atoms with Gasteiger partial charge in [0.1, 0.15) is 0 Å². The van der Waals surface area contributed by atoms with Crippen LogP contribution in [0.1, 0.15) is 46.0 Å². The van der Waals surface area contributed by atoms with Crippen molar-refractivity contribution >= 4 is 5.91 Å². The first-order valence-electron chi connectivity index (χ1n) is 5.71. The molecule has 1 amide bonds. The van der Waals surface area contributed by atoms with E-state index in [4.69, 9.17) is 5.73 Å². The van der Waals surface area contributed by atoms with Crippen molar-refractivity contribution in [3.05, 3.63) is 0 Å². The predicted molar refractivity (Wildman–Crippen MR) is 57.8 cm³/mol. The first-order valence-corrected chi connectivity index (χ1v) is 5.71. The van der Waals surface area contributed by atoms with Crippen LogP contribution in [0.15, 0.2) is 0 Å². The third kappa shape index (κ3) is 2.98. The van der Waals surface area contributed by atoms with Crippen LogP contribution in [0.25, 0.3) is 0 Å². The maximum absolute atomic E-state index is 11.7. The minimum Gasteiger partial charge on any atom is -0.352 e. The van der Waals surface area contributed by atoms with E-state index in [2.05, 4.69) is 12.2 Å². The molecular formula is C11H22N2O. The molecule has 82 valence electrons. The summed E-state index contributed by atoms with van der Waals surface area (Å²) in [5.74, 6) is 0.308. The average molecular weight is 198 g/mol. The number of hydrogen-bond donors (Lipinski definition) is 2. The largest absolute Gasteiger partial charge is 0.352 e. The molecule has 1 saturated carbocycles. The number of hydrogen-bond acceptors (Lipinski definition) is 2. The second-order valence-corrected chi connectivity index (χ2v) is 4.40. The Morgan fingerprint density at radius 2 is 2.07 bits per heavy atom. The Balaban J connectivity index is 2.32. The summed E-state index contributed by atoms with van der Waals surface area (Å²) < 4.78 is 0. The molecule has 0 aliphatic heterocycles. The minimum absolute atomic E-state index is 0.0336. The van der Waals surface area contributed by atoms with Gasteiger partial charge < -0.3 is 11.1 Å². The number of rotatable bonds is 4. The van der Waals surface area contributed by atoms with Crippen LogP contribution in [-0.4, -0.2) is 18.0 Å². The fourth-order valence-corrected chi connectivity index (χ4v) is 1.88. The van der Waals surface area contributed by atoms with E-state index >= 15 is 0 Å². The van der Waals surface area contributed by atoms with Crippen LogP contribution in [0.5, 0.6) is 0 Å². The maximum Gasteiger partial charge on any atom is 0.237 e. The first kappa shape index (κ1) is 11.5. The molecule has 3 nitrogen and oxygen atoms in total. The third-order valence-electron chi connectivity index (χ3n) is 3.26. The lowest BCUT2D eigenvalue weighted by Crippen LogP contribution is -2.47. The molecule has 0 aromatic rings. The number of carbonyl (C=O) groups is 1. The highest BCUT2D eigenvalue weighted by Gasteiger charge is 2.23. The Morgan fingerprint density at radius 1 is 1.50 bits per heavy atom. The highest BCUT2D eigenvalue weighted by atomic mass is 16.2. The van der Waals surface area contributed by atoms with Gasteiger partial charge in [-0.15, -0.1) is 0 Å². The lowest BCUT2D eigenvalue weighted by molar-refractivity contribution is -0.124. The van der Waals surface area contributed by atoms with E-state index in [9.17, 15) is 4.79 Å².